The van der Waals surface area contributed by atoms with Crippen molar-refractivity contribution in [1.29, 1.82) is 0 Å². The van der Waals surface area contributed by atoms with E-state index in [1.165, 1.54) is 54.5 Å². The molecule has 2 rings (SSSR count). The molecular formula is C13H18BrN. The van der Waals surface area contributed by atoms with Crippen LogP contribution in [0.1, 0.15) is 31.2 Å². The number of benzene rings is 1. The highest BCUT2D eigenvalue weighted by Gasteiger charge is 2.11. The van der Waals surface area contributed by atoms with Crippen molar-refractivity contribution in [3.8, 4) is 0 Å². The molecule has 82 valence electrons. The van der Waals surface area contributed by atoms with E-state index >= 15 is 0 Å². The molecule has 0 aliphatic carbocycles. The highest BCUT2D eigenvalue weighted by Crippen LogP contribution is 2.26. The van der Waals surface area contributed by atoms with Crippen molar-refractivity contribution in [3.63, 3.8) is 0 Å². The second kappa shape index (κ2) is 5.02. The minimum atomic E-state index is 1.19. The number of hydrogen-bond donors (Lipinski definition) is 0. The molecule has 1 aromatic rings. The number of anilines is 1. The number of hydrogen-bond acceptors (Lipinski definition) is 1. The van der Waals surface area contributed by atoms with Gasteiger partial charge in [0.1, 0.15) is 0 Å². The molecule has 2 heteroatoms. The summed E-state index contributed by atoms with van der Waals surface area (Å²) in [6.45, 7) is 4.64. The lowest BCUT2D eigenvalue weighted by molar-refractivity contribution is 0.726. The van der Waals surface area contributed by atoms with Crippen molar-refractivity contribution in [1.82, 2.24) is 0 Å². The van der Waals surface area contributed by atoms with Gasteiger partial charge in [0.25, 0.3) is 0 Å². The molecule has 1 aliphatic heterocycles. The average molecular weight is 268 g/mol. The van der Waals surface area contributed by atoms with E-state index in [4.69, 9.17) is 0 Å². The molecule has 0 aromatic heterocycles. The molecule has 0 radical (unpaired) electrons. The molecule has 0 bridgehead atoms. The number of rotatable bonds is 1. The molecule has 0 unspecified atom stereocenters. The van der Waals surface area contributed by atoms with Gasteiger partial charge in [0.05, 0.1) is 0 Å². The first-order chi connectivity index (χ1) is 7.27. The fourth-order valence-corrected chi connectivity index (χ4v) is 2.58. The first-order valence-corrected chi connectivity index (χ1v) is 6.58. The van der Waals surface area contributed by atoms with E-state index in [-0.39, 0.29) is 0 Å². The predicted molar refractivity (Wildman–Crippen MR) is 69.6 cm³/mol. The normalized spacial score (nSPS) is 17.6. The Morgan fingerprint density at radius 1 is 1.07 bits per heavy atom. The van der Waals surface area contributed by atoms with E-state index in [1.54, 1.807) is 0 Å². The quantitative estimate of drug-likeness (QED) is 0.740. The summed E-state index contributed by atoms with van der Waals surface area (Å²) in [6, 6.07) is 6.57. The summed E-state index contributed by atoms with van der Waals surface area (Å²) in [7, 11) is 0. The lowest BCUT2D eigenvalue weighted by Crippen LogP contribution is -2.24. The summed E-state index contributed by atoms with van der Waals surface area (Å²) >= 11 is 3.56. The molecule has 1 nitrogen and oxygen atoms in total. The number of aryl methyl sites for hydroxylation is 1. The molecule has 1 aromatic carbocycles. The van der Waals surface area contributed by atoms with Crippen molar-refractivity contribution in [2.75, 3.05) is 18.0 Å². The summed E-state index contributed by atoms with van der Waals surface area (Å²) < 4.78 is 1.19. The van der Waals surface area contributed by atoms with Gasteiger partial charge in [0.2, 0.25) is 0 Å². The Morgan fingerprint density at radius 2 is 1.73 bits per heavy atom. The smallest absolute Gasteiger partial charge is 0.0407 e. The van der Waals surface area contributed by atoms with E-state index in [9.17, 15) is 0 Å². The van der Waals surface area contributed by atoms with Crippen molar-refractivity contribution in [2.24, 2.45) is 0 Å². The third kappa shape index (κ3) is 2.75. The van der Waals surface area contributed by atoms with Crippen LogP contribution in [-0.2, 0) is 0 Å². The standard InChI is InChI=1S/C13H18BrN/c1-11-6-7-12(14)10-13(11)15-8-4-2-3-5-9-15/h6-7,10H,2-5,8-9H2,1H3. The molecule has 1 aliphatic rings. The summed E-state index contributed by atoms with van der Waals surface area (Å²) in [5.74, 6) is 0. The largest absolute Gasteiger partial charge is 0.371 e. The summed E-state index contributed by atoms with van der Waals surface area (Å²) in [5, 5.41) is 0. The van der Waals surface area contributed by atoms with Crippen LogP contribution in [0.4, 0.5) is 5.69 Å². The molecule has 0 atom stereocenters. The zero-order valence-electron chi connectivity index (χ0n) is 9.30. The van der Waals surface area contributed by atoms with Crippen molar-refractivity contribution in [3.05, 3.63) is 28.2 Å². The Kier molecular flexibility index (Phi) is 3.68. The molecule has 15 heavy (non-hydrogen) atoms. The Morgan fingerprint density at radius 3 is 2.40 bits per heavy atom. The maximum atomic E-state index is 3.56. The Hall–Kier alpha value is -0.500. The fourth-order valence-electron chi connectivity index (χ4n) is 2.23. The fraction of sp³-hybridized carbons (Fsp3) is 0.538. The van der Waals surface area contributed by atoms with Crippen LogP contribution in [0, 0.1) is 6.92 Å². The van der Waals surface area contributed by atoms with Gasteiger partial charge in [0.15, 0.2) is 0 Å². The van der Waals surface area contributed by atoms with Gasteiger partial charge in [-0.25, -0.2) is 0 Å². The average Bonchev–Trinajstić information content (AvgIpc) is 2.50. The molecular weight excluding hydrogens is 250 g/mol. The van der Waals surface area contributed by atoms with Crippen LogP contribution < -0.4 is 4.90 Å². The SMILES string of the molecule is Cc1ccc(Br)cc1N1CCCCCC1. The third-order valence-electron chi connectivity index (χ3n) is 3.12. The lowest BCUT2D eigenvalue weighted by Gasteiger charge is -2.24. The summed E-state index contributed by atoms with van der Waals surface area (Å²) in [4.78, 5) is 2.53. The van der Waals surface area contributed by atoms with Gasteiger partial charge in [-0.05, 0) is 37.5 Å². The maximum Gasteiger partial charge on any atom is 0.0407 e. The monoisotopic (exact) mass is 267 g/mol. The minimum absolute atomic E-state index is 1.19. The van der Waals surface area contributed by atoms with Gasteiger partial charge in [0, 0.05) is 23.2 Å². The zero-order chi connectivity index (χ0) is 10.7. The van der Waals surface area contributed by atoms with Crippen molar-refractivity contribution >= 4 is 21.6 Å². The third-order valence-corrected chi connectivity index (χ3v) is 3.61. The highest BCUT2D eigenvalue weighted by atomic mass is 79.9. The molecule has 1 heterocycles. The highest BCUT2D eigenvalue weighted by molar-refractivity contribution is 9.10. The van der Waals surface area contributed by atoms with Crippen molar-refractivity contribution in [2.45, 2.75) is 32.6 Å². The van der Waals surface area contributed by atoms with Gasteiger partial charge in [-0.15, -0.1) is 0 Å². The lowest BCUT2D eigenvalue weighted by atomic mass is 10.2. The Labute approximate surface area is 101 Å². The van der Waals surface area contributed by atoms with E-state index in [1.807, 2.05) is 0 Å². The van der Waals surface area contributed by atoms with Gasteiger partial charge >= 0.3 is 0 Å². The predicted octanol–water partition coefficient (Wildman–Crippen LogP) is 4.14. The van der Waals surface area contributed by atoms with Crippen LogP contribution >= 0.6 is 15.9 Å². The maximum absolute atomic E-state index is 3.56. The first-order valence-electron chi connectivity index (χ1n) is 5.78. The summed E-state index contributed by atoms with van der Waals surface area (Å²) in [5.41, 5.74) is 2.80. The molecule has 0 spiro atoms. The van der Waals surface area contributed by atoms with Crippen LogP contribution in [0.25, 0.3) is 0 Å². The first kappa shape index (κ1) is 11.0. The van der Waals surface area contributed by atoms with E-state index < -0.39 is 0 Å². The second-order valence-electron chi connectivity index (χ2n) is 4.33. The molecule has 0 N–H and O–H groups in total. The number of halogens is 1. The zero-order valence-corrected chi connectivity index (χ0v) is 10.9. The van der Waals surface area contributed by atoms with Crippen LogP contribution in [0.2, 0.25) is 0 Å². The molecule has 1 saturated heterocycles. The van der Waals surface area contributed by atoms with Crippen LogP contribution in [-0.4, -0.2) is 13.1 Å². The Bertz CT molecular complexity index is 327. The van der Waals surface area contributed by atoms with Gasteiger partial charge < -0.3 is 4.90 Å². The van der Waals surface area contributed by atoms with E-state index in [0.717, 1.165) is 0 Å². The molecule has 1 fully saturated rings. The Balaban J connectivity index is 2.22. The number of nitrogens with zero attached hydrogens (tertiary/aromatic N) is 1. The van der Waals surface area contributed by atoms with Crippen LogP contribution in [0.5, 0.6) is 0 Å². The topological polar surface area (TPSA) is 3.24 Å². The van der Waals surface area contributed by atoms with Crippen LogP contribution in [0.15, 0.2) is 22.7 Å². The van der Waals surface area contributed by atoms with Gasteiger partial charge in [-0.2, -0.15) is 0 Å². The molecule has 0 saturated carbocycles. The van der Waals surface area contributed by atoms with Crippen LogP contribution in [0.3, 0.4) is 0 Å². The molecule has 0 amide bonds. The second-order valence-corrected chi connectivity index (χ2v) is 5.25. The summed E-state index contributed by atoms with van der Waals surface area (Å²) in [6.07, 6.45) is 5.46. The van der Waals surface area contributed by atoms with E-state index in [2.05, 4.69) is 46.0 Å². The van der Waals surface area contributed by atoms with Crippen molar-refractivity contribution < 1.29 is 0 Å². The van der Waals surface area contributed by atoms with Gasteiger partial charge in [-0.3, -0.25) is 0 Å². The minimum Gasteiger partial charge on any atom is -0.371 e. The van der Waals surface area contributed by atoms with E-state index in [0.29, 0.717) is 0 Å². The van der Waals surface area contributed by atoms with Gasteiger partial charge in [-0.1, -0.05) is 34.8 Å².